The summed E-state index contributed by atoms with van der Waals surface area (Å²) in [5.41, 5.74) is 0.351. The van der Waals surface area contributed by atoms with Crippen molar-refractivity contribution in [2.24, 2.45) is 0 Å². The number of halogens is 2. The zero-order chi connectivity index (χ0) is 15.1. The summed E-state index contributed by atoms with van der Waals surface area (Å²) in [7, 11) is 3.88. The van der Waals surface area contributed by atoms with Gasteiger partial charge in [-0.05, 0) is 45.3 Å². The van der Waals surface area contributed by atoms with E-state index in [0.717, 1.165) is 13.0 Å². The van der Waals surface area contributed by atoms with Crippen LogP contribution >= 0.6 is 23.2 Å². The molecule has 0 unspecified atom stereocenters. The van der Waals surface area contributed by atoms with Gasteiger partial charge in [0.15, 0.2) is 0 Å². The van der Waals surface area contributed by atoms with Gasteiger partial charge in [-0.25, -0.2) is 0 Å². The highest BCUT2D eigenvalue weighted by Gasteiger charge is 2.14. The third kappa shape index (κ3) is 5.77. The molecular formula is C13H17Cl2N3O2. The zero-order valence-corrected chi connectivity index (χ0v) is 12.9. The molecule has 1 aromatic rings. The molecule has 0 bridgehead atoms. The summed E-state index contributed by atoms with van der Waals surface area (Å²) in [5, 5.41) is 5.72. The average Bonchev–Trinajstić information content (AvgIpc) is 2.37. The lowest BCUT2D eigenvalue weighted by Crippen LogP contribution is -2.36. The van der Waals surface area contributed by atoms with Gasteiger partial charge in [-0.2, -0.15) is 0 Å². The highest BCUT2D eigenvalue weighted by molar-refractivity contribution is 6.42. The minimum absolute atomic E-state index is 0.284. The van der Waals surface area contributed by atoms with E-state index in [1.165, 1.54) is 6.07 Å². The maximum absolute atomic E-state index is 11.7. The van der Waals surface area contributed by atoms with Crippen molar-refractivity contribution in [1.82, 2.24) is 10.2 Å². The Bertz CT molecular complexity index is 493. The van der Waals surface area contributed by atoms with Gasteiger partial charge >= 0.3 is 11.8 Å². The number of benzene rings is 1. The first-order valence-corrected chi connectivity index (χ1v) is 6.84. The lowest BCUT2D eigenvalue weighted by atomic mass is 10.3. The molecule has 0 fully saturated rings. The van der Waals surface area contributed by atoms with Crippen LogP contribution in [0.5, 0.6) is 0 Å². The molecule has 0 spiro atoms. The Morgan fingerprint density at radius 1 is 1.20 bits per heavy atom. The van der Waals surface area contributed by atoms with Crippen LogP contribution in [0.3, 0.4) is 0 Å². The predicted octanol–water partition coefficient (Wildman–Crippen LogP) is 2.00. The minimum atomic E-state index is -0.751. The molecule has 0 atom stereocenters. The van der Waals surface area contributed by atoms with Crippen molar-refractivity contribution in [1.29, 1.82) is 0 Å². The highest BCUT2D eigenvalue weighted by atomic mass is 35.5. The molecule has 0 saturated carbocycles. The molecule has 0 radical (unpaired) electrons. The van der Waals surface area contributed by atoms with Crippen LogP contribution in [0, 0.1) is 0 Å². The Labute approximate surface area is 128 Å². The van der Waals surface area contributed by atoms with Gasteiger partial charge in [-0.15, -0.1) is 0 Å². The van der Waals surface area contributed by atoms with Gasteiger partial charge in [0.1, 0.15) is 0 Å². The fraction of sp³-hybridized carbons (Fsp3) is 0.385. The van der Waals surface area contributed by atoms with E-state index in [0.29, 0.717) is 17.3 Å². The molecular weight excluding hydrogens is 301 g/mol. The summed E-state index contributed by atoms with van der Waals surface area (Å²) in [6.07, 6.45) is 0.772. The van der Waals surface area contributed by atoms with E-state index >= 15 is 0 Å². The summed E-state index contributed by atoms with van der Waals surface area (Å²) in [6, 6.07) is 4.62. The molecule has 0 aliphatic rings. The first-order valence-electron chi connectivity index (χ1n) is 6.09. The molecule has 0 aliphatic heterocycles. The predicted molar refractivity (Wildman–Crippen MR) is 81.3 cm³/mol. The second kappa shape index (κ2) is 8.09. The van der Waals surface area contributed by atoms with E-state index in [2.05, 4.69) is 10.6 Å². The van der Waals surface area contributed by atoms with Crippen LogP contribution in [-0.2, 0) is 9.59 Å². The molecule has 20 heavy (non-hydrogen) atoms. The Balaban J connectivity index is 2.43. The van der Waals surface area contributed by atoms with Gasteiger partial charge in [-0.1, -0.05) is 23.2 Å². The normalized spacial score (nSPS) is 10.4. The van der Waals surface area contributed by atoms with Gasteiger partial charge < -0.3 is 15.5 Å². The summed E-state index contributed by atoms with van der Waals surface area (Å²) in [4.78, 5) is 25.2. The van der Waals surface area contributed by atoms with Gasteiger partial charge in [0.25, 0.3) is 0 Å². The van der Waals surface area contributed by atoms with Crippen molar-refractivity contribution < 1.29 is 9.59 Å². The van der Waals surface area contributed by atoms with Crippen LogP contribution in [0.15, 0.2) is 18.2 Å². The molecule has 2 N–H and O–H groups in total. The van der Waals surface area contributed by atoms with E-state index in [4.69, 9.17) is 23.2 Å². The molecule has 0 heterocycles. The minimum Gasteiger partial charge on any atom is -0.348 e. The van der Waals surface area contributed by atoms with Crippen molar-refractivity contribution in [2.45, 2.75) is 6.42 Å². The fourth-order valence-corrected chi connectivity index (χ4v) is 1.90. The molecule has 1 aromatic carbocycles. The van der Waals surface area contributed by atoms with Gasteiger partial charge in [-0.3, -0.25) is 9.59 Å². The van der Waals surface area contributed by atoms with Crippen molar-refractivity contribution >= 4 is 40.7 Å². The summed E-state index contributed by atoms with van der Waals surface area (Å²) < 4.78 is 0. The second-order valence-electron chi connectivity index (χ2n) is 4.49. The van der Waals surface area contributed by atoms with E-state index in [1.807, 2.05) is 19.0 Å². The molecule has 0 aliphatic carbocycles. The number of anilines is 1. The number of rotatable bonds is 5. The van der Waals surface area contributed by atoms with E-state index < -0.39 is 11.8 Å². The molecule has 0 aromatic heterocycles. The molecule has 2 amide bonds. The van der Waals surface area contributed by atoms with Gasteiger partial charge in [0.05, 0.1) is 10.7 Å². The number of hydrogen-bond acceptors (Lipinski definition) is 3. The number of carbonyl (C=O) groups is 2. The number of hydrogen-bond donors (Lipinski definition) is 2. The summed E-state index contributed by atoms with van der Waals surface area (Å²) in [6.45, 7) is 1.28. The van der Waals surface area contributed by atoms with Crippen molar-refractivity contribution in [2.75, 3.05) is 32.5 Å². The second-order valence-corrected chi connectivity index (χ2v) is 5.33. The lowest BCUT2D eigenvalue weighted by Gasteiger charge is -2.10. The monoisotopic (exact) mass is 317 g/mol. The smallest absolute Gasteiger partial charge is 0.313 e. The third-order valence-electron chi connectivity index (χ3n) is 2.45. The number of nitrogens with one attached hydrogen (secondary N) is 2. The first kappa shape index (κ1) is 16.8. The molecule has 5 nitrogen and oxygen atoms in total. The highest BCUT2D eigenvalue weighted by Crippen LogP contribution is 2.25. The van der Waals surface area contributed by atoms with Crippen molar-refractivity contribution in [3.63, 3.8) is 0 Å². The Morgan fingerprint density at radius 3 is 2.50 bits per heavy atom. The summed E-state index contributed by atoms with van der Waals surface area (Å²) in [5.74, 6) is -1.44. The topological polar surface area (TPSA) is 61.4 Å². The largest absolute Gasteiger partial charge is 0.348 e. The Hall–Kier alpha value is -1.30. The van der Waals surface area contributed by atoms with Crippen LogP contribution in [-0.4, -0.2) is 43.9 Å². The number of amides is 2. The van der Waals surface area contributed by atoms with Crippen molar-refractivity contribution in [3.8, 4) is 0 Å². The lowest BCUT2D eigenvalue weighted by molar-refractivity contribution is -0.136. The van der Waals surface area contributed by atoms with Gasteiger partial charge in [0, 0.05) is 11.6 Å². The molecule has 1 rings (SSSR count). The third-order valence-corrected chi connectivity index (χ3v) is 3.00. The average molecular weight is 318 g/mol. The molecule has 0 saturated heterocycles. The van der Waals surface area contributed by atoms with E-state index in [9.17, 15) is 9.59 Å². The number of carbonyl (C=O) groups excluding carboxylic acids is 2. The van der Waals surface area contributed by atoms with Crippen LogP contribution in [0.4, 0.5) is 5.69 Å². The van der Waals surface area contributed by atoms with E-state index in [1.54, 1.807) is 12.1 Å². The van der Waals surface area contributed by atoms with Crippen LogP contribution in [0.25, 0.3) is 0 Å². The molecule has 7 heteroatoms. The zero-order valence-electron chi connectivity index (χ0n) is 11.4. The fourth-order valence-electron chi connectivity index (χ4n) is 1.45. The number of nitrogens with zero attached hydrogens (tertiary/aromatic N) is 1. The Kier molecular flexibility index (Phi) is 6.78. The van der Waals surface area contributed by atoms with Gasteiger partial charge in [0.2, 0.25) is 0 Å². The van der Waals surface area contributed by atoms with Crippen LogP contribution in [0.1, 0.15) is 6.42 Å². The van der Waals surface area contributed by atoms with E-state index in [-0.39, 0.29) is 5.02 Å². The standard InChI is InChI=1S/C13H17Cl2N3O2/c1-18(2)7-3-6-16-12(19)13(20)17-11-5-4-9(14)8-10(11)15/h4-5,8H,3,6-7H2,1-2H3,(H,16,19)(H,17,20). The van der Waals surface area contributed by atoms with Crippen LogP contribution < -0.4 is 10.6 Å². The quantitative estimate of drug-likeness (QED) is 0.645. The SMILES string of the molecule is CN(C)CCCNC(=O)C(=O)Nc1ccc(Cl)cc1Cl. The van der Waals surface area contributed by atoms with Crippen LogP contribution in [0.2, 0.25) is 10.0 Å². The first-order chi connectivity index (χ1) is 9.40. The maximum Gasteiger partial charge on any atom is 0.313 e. The molecule has 110 valence electrons. The maximum atomic E-state index is 11.7. The van der Waals surface area contributed by atoms with Crippen molar-refractivity contribution in [3.05, 3.63) is 28.2 Å². The summed E-state index contributed by atoms with van der Waals surface area (Å²) >= 11 is 11.6. The Morgan fingerprint density at radius 2 is 1.90 bits per heavy atom.